The Kier molecular flexibility index (Phi) is 4.17. The maximum absolute atomic E-state index is 11.9. The molecule has 0 saturated carbocycles. The van der Waals surface area contributed by atoms with Gasteiger partial charge in [-0.15, -0.1) is 0 Å². The fourth-order valence-corrected chi connectivity index (χ4v) is 1.46. The van der Waals surface area contributed by atoms with Crippen LogP contribution in [0.2, 0.25) is 0 Å². The third kappa shape index (κ3) is 2.89. The second kappa shape index (κ2) is 5.39. The van der Waals surface area contributed by atoms with Crippen LogP contribution in [0.3, 0.4) is 0 Å². The molecule has 0 aliphatic carbocycles. The van der Waals surface area contributed by atoms with Gasteiger partial charge in [0.2, 0.25) is 0 Å². The highest BCUT2D eigenvalue weighted by molar-refractivity contribution is 6.00. The average Bonchev–Trinajstić information content (AvgIpc) is 2.25. The van der Waals surface area contributed by atoms with Crippen LogP contribution < -0.4 is 16.0 Å². The van der Waals surface area contributed by atoms with Crippen LogP contribution in [0.15, 0.2) is 18.2 Å². The average molecular weight is 221 g/mol. The summed E-state index contributed by atoms with van der Waals surface area (Å²) in [6.07, 6.45) is 0.922. The highest BCUT2D eigenvalue weighted by Gasteiger charge is 2.12. The van der Waals surface area contributed by atoms with Crippen molar-refractivity contribution in [3.05, 3.63) is 23.8 Å². The molecule has 1 aromatic rings. The van der Waals surface area contributed by atoms with E-state index in [-0.39, 0.29) is 5.91 Å². The molecule has 3 N–H and O–H groups in total. The van der Waals surface area contributed by atoms with Crippen LogP contribution in [-0.2, 0) is 0 Å². The molecule has 0 aliphatic rings. The van der Waals surface area contributed by atoms with Gasteiger partial charge in [0.1, 0.15) is 0 Å². The Morgan fingerprint density at radius 2 is 2.12 bits per heavy atom. The van der Waals surface area contributed by atoms with Crippen molar-refractivity contribution in [2.45, 2.75) is 13.3 Å². The van der Waals surface area contributed by atoms with E-state index in [1.165, 1.54) is 0 Å². The van der Waals surface area contributed by atoms with Crippen LogP contribution in [0.5, 0.6) is 0 Å². The highest BCUT2D eigenvalue weighted by atomic mass is 16.1. The van der Waals surface area contributed by atoms with Crippen LogP contribution in [0.4, 0.5) is 11.4 Å². The number of nitrogens with two attached hydrogens (primary N) is 1. The minimum atomic E-state index is -0.0714. The monoisotopic (exact) mass is 221 g/mol. The molecule has 16 heavy (non-hydrogen) atoms. The Morgan fingerprint density at radius 3 is 2.69 bits per heavy atom. The standard InChI is InChI=1S/C12H19N3O/c1-4-7-14-12(16)10-8-9(13)5-6-11(10)15(2)3/h5-6,8H,4,7,13H2,1-3H3,(H,14,16). The number of hydrogen-bond donors (Lipinski definition) is 2. The van der Waals surface area contributed by atoms with Crippen molar-refractivity contribution in [2.75, 3.05) is 31.3 Å². The van der Waals surface area contributed by atoms with Crippen LogP contribution in [0.1, 0.15) is 23.7 Å². The third-order valence-electron chi connectivity index (χ3n) is 2.28. The van der Waals surface area contributed by atoms with Gasteiger partial charge in [-0.3, -0.25) is 4.79 Å². The molecule has 88 valence electrons. The van der Waals surface area contributed by atoms with Gasteiger partial charge >= 0.3 is 0 Å². The van der Waals surface area contributed by atoms with Crippen molar-refractivity contribution in [1.29, 1.82) is 0 Å². The minimum Gasteiger partial charge on any atom is -0.399 e. The summed E-state index contributed by atoms with van der Waals surface area (Å²) < 4.78 is 0. The van der Waals surface area contributed by atoms with Gasteiger partial charge in [0.05, 0.1) is 5.56 Å². The van der Waals surface area contributed by atoms with Gasteiger partial charge in [0.15, 0.2) is 0 Å². The number of hydrogen-bond acceptors (Lipinski definition) is 3. The van der Waals surface area contributed by atoms with E-state index in [1.807, 2.05) is 32.0 Å². The zero-order chi connectivity index (χ0) is 12.1. The summed E-state index contributed by atoms with van der Waals surface area (Å²) in [4.78, 5) is 13.8. The van der Waals surface area contributed by atoms with Gasteiger partial charge in [-0.25, -0.2) is 0 Å². The zero-order valence-corrected chi connectivity index (χ0v) is 10.1. The molecule has 4 nitrogen and oxygen atoms in total. The fraction of sp³-hybridized carbons (Fsp3) is 0.417. The van der Waals surface area contributed by atoms with E-state index in [1.54, 1.807) is 12.1 Å². The Hall–Kier alpha value is -1.71. The number of nitrogens with zero attached hydrogens (tertiary/aromatic N) is 1. The van der Waals surface area contributed by atoms with Crippen molar-refractivity contribution >= 4 is 17.3 Å². The molecule has 0 aromatic heterocycles. The van der Waals surface area contributed by atoms with Crippen molar-refractivity contribution in [3.63, 3.8) is 0 Å². The molecule has 1 rings (SSSR count). The molecule has 0 radical (unpaired) electrons. The van der Waals surface area contributed by atoms with Gasteiger partial charge in [-0.2, -0.15) is 0 Å². The summed E-state index contributed by atoms with van der Waals surface area (Å²) in [6, 6.07) is 5.36. The lowest BCUT2D eigenvalue weighted by molar-refractivity contribution is 0.0954. The smallest absolute Gasteiger partial charge is 0.253 e. The van der Waals surface area contributed by atoms with Crippen LogP contribution in [0, 0.1) is 0 Å². The predicted molar refractivity (Wildman–Crippen MR) is 67.8 cm³/mol. The van der Waals surface area contributed by atoms with E-state index in [0.29, 0.717) is 17.8 Å². The van der Waals surface area contributed by atoms with E-state index in [0.717, 1.165) is 12.1 Å². The van der Waals surface area contributed by atoms with Crippen LogP contribution >= 0.6 is 0 Å². The SMILES string of the molecule is CCCNC(=O)c1cc(N)ccc1N(C)C. The summed E-state index contributed by atoms with van der Waals surface area (Å²) >= 11 is 0. The van der Waals surface area contributed by atoms with E-state index in [4.69, 9.17) is 5.73 Å². The molecule has 1 aromatic carbocycles. The lowest BCUT2D eigenvalue weighted by Gasteiger charge is -2.17. The lowest BCUT2D eigenvalue weighted by Crippen LogP contribution is -2.26. The van der Waals surface area contributed by atoms with Gasteiger partial charge < -0.3 is 16.0 Å². The predicted octanol–water partition coefficient (Wildman–Crippen LogP) is 1.47. The quantitative estimate of drug-likeness (QED) is 0.757. The van der Waals surface area contributed by atoms with E-state index >= 15 is 0 Å². The maximum Gasteiger partial charge on any atom is 0.253 e. The Morgan fingerprint density at radius 1 is 1.44 bits per heavy atom. The number of amides is 1. The summed E-state index contributed by atoms with van der Waals surface area (Å²) in [5, 5.41) is 2.85. The normalized spacial score (nSPS) is 9.94. The molecule has 0 heterocycles. The first-order chi connectivity index (χ1) is 7.56. The molecule has 0 bridgehead atoms. The molecular weight excluding hydrogens is 202 g/mol. The topological polar surface area (TPSA) is 58.4 Å². The number of nitrogen functional groups attached to an aromatic ring is 1. The third-order valence-corrected chi connectivity index (χ3v) is 2.28. The van der Waals surface area contributed by atoms with Crippen LogP contribution in [-0.4, -0.2) is 26.5 Å². The molecule has 0 fully saturated rings. The molecule has 1 amide bonds. The first-order valence-corrected chi connectivity index (χ1v) is 5.41. The van der Waals surface area contributed by atoms with Crippen molar-refractivity contribution in [3.8, 4) is 0 Å². The molecule has 0 unspecified atom stereocenters. The summed E-state index contributed by atoms with van der Waals surface area (Å²) in [6.45, 7) is 2.70. The summed E-state index contributed by atoms with van der Waals surface area (Å²) in [5.74, 6) is -0.0714. The number of nitrogens with one attached hydrogen (secondary N) is 1. The zero-order valence-electron chi connectivity index (χ0n) is 10.1. The van der Waals surface area contributed by atoms with E-state index < -0.39 is 0 Å². The number of anilines is 2. The molecular formula is C12H19N3O. The van der Waals surface area contributed by atoms with Gasteiger partial charge in [0.25, 0.3) is 5.91 Å². The highest BCUT2D eigenvalue weighted by Crippen LogP contribution is 2.21. The molecule has 0 saturated heterocycles. The van der Waals surface area contributed by atoms with Gasteiger partial charge in [0, 0.05) is 32.0 Å². The second-order valence-electron chi connectivity index (χ2n) is 3.93. The van der Waals surface area contributed by atoms with Gasteiger partial charge in [-0.05, 0) is 24.6 Å². The Labute approximate surface area is 96.4 Å². The number of rotatable bonds is 4. The summed E-state index contributed by atoms with van der Waals surface area (Å²) in [5.41, 5.74) is 7.80. The fourth-order valence-electron chi connectivity index (χ4n) is 1.46. The molecule has 0 aliphatic heterocycles. The first kappa shape index (κ1) is 12.4. The van der Waals surface area contributed by atoms with Crippen molar-refractivity contribution < 1.29 is 4.79 Å². The number of carbonyl (C=O) groups is 1. The summed E-state index contributed by atoms with van der Waals surface area (Å²) in [7, 11) is 3.81. The molecule has 4 heteroatoms. The molecule has 0 spiro atoms. The Bertz CT molecular complexity index is 375. The largest absolute Gasteiger partial charge is 0.399 e. The van der Waals surface area contributed by atoms with Crippen molar-refractivity contribution in [1.82, 2.24) is 5.32 Å². The maximum atomic E-state index is 11.9. The lowest BCUT2D eigenvalue weighted by atomic mass is 10.1. The van der Waals surface area contributed by atoms with E-state index in [9.17, 15) is 4.79 Å². The first-order valence-electron chi connectivity index (χ1n) is 5.41. The second-order valence-corrected chi connectivity index (χ2v) is 3.93. The minimum absolute atomic E-state index is 0.0714. The van der Waals surface area contributed by atoms with Gasteiger partial charge in [-0.1, -0.05) is 6.92 Å². The number of benzene rings is 1. The van der Waals surface area contributed by atoms with Crippen LogP contribution in [0.25, 0.3) is 0 Å². The van der Waals surface area contributed by atoms with Crippen molar-refractivity contribution in [2.24, 2.45) is 0 Å². The van der Waals surface area contributed by atoms with E-state index in [2.05, 4.69) is 5.32 Å². The Balaban J connectivity index is 3.00. The number of carbonyl (C=O) groups excluding carboxylic acids is 1. The molecule has 0 atom stereocenters.